The summed E-state index contributed by atoms with van der Waals surface area (Å²) in [5.74, 6) is 0. The van der Waals surface area contributed by atoms with Gasteiger partial charge in [0.25, 0.3) is 0 Å². The summed E-state index contributed by atoms with van der Waals surface area (Å²) in [6.07, 6.45) is 5.52. The molecule has 0 aromatic rings. The van der Waals surface area contributed by atoms with Gasteiger partial charge in [0.2, 0.25) is 0 Å². The predicted octanol–water partition coefficient (Wildman–Crippen LogP) is 2.25. The van der Waals surface area contributed by atoms with Gasteiger partial charge in [0, 0.05) is 31.7 Å². The van der Waals surface area contributed by atoms with E-state index in [9.17, 15) is 0 Å². The molecule has 0 spiro atoms. The molecule has 2 heteroatoms. The summed E-state index contributed by atoms with van der Waals surface area (Å²) in [5, 5.41) is 3.74. The summed E-state index contributed by atoms with van der Waals surface area (Å²) < 4.78 is 0. The van der Waals surface area contributed by atoms with E-state index in [4.69, 9.17) is 0 Å². The Labute approximate surface area is 94.4 Å². The lowest BCUT2D eigenvalue weighted by Gasteiger charge is -2.25. The first kappa shape index (κ1) is 11.4. The Kier molecular flexibility index (Phi) is 3.36. The summed E-state index contributed by atoms with van der Waals surface area (Å²) in [4.78, 5) is 2.68. The largest absolute Gasteiger partial charge is 0.312 e. The number of rotatable bonds is 5. The Hall–Kier alpha value is -0.0800. The van der Waals surface area contributed by atoms with Crippen LogP contribution in [0.1, 0.15) is 46.5 Å². The number of hydrogen-bond acceptors (Lipinski definition) is 2. The molecule has 0 aromatic carbocycles. The van der Waals surface area contributed by atoms with Gasteiger partial charge in [-0.15, -0.1) is 0 Å². The fourth-order valence-electron chi connectivity index (χ4n) is 2.27. The fourth-order valence-corrected chi connectivity index (χ4v) is 2.27. The number of nitrogens with zero attached hydrogens (tertiary/aromatic N) is 1. The molecule has 1 unspecified atom stereocenters. The molecule has 2 nitrogen and oxygen atoms in total. The van der Waals surface area contributed by atoms with E-state index in [2.05, 4.69) is 31.0 Å². The van der Waals surface area contributed by atoms with Crippen LogP contribution in [0, 0.1) is 5.41 Å². The Morgan fingerprint density at radius 3 is 2.60 bits per heavy atom. The maximum absolute atomic E-state index is 3.74. The molecule has 2 aliphatic rings. The van der Waals surface area contributed by atoms with Crippen molar-refractivity contribution in [2.75, 3.05) is 19.6 Å². The van der Waals surface area contributed by atoms with Gasteiger partial charge in [-0.05, 0) is 31.1 Å². The van der Waals surface area contributed by atoms with Crippen LogP contribution in [0.25, 0.3) is 0 Å². The molecule has 2 fully saturated rings. The van der Waals surface area contributed by atoms with Crippen molar-refractivity contribution >= 4 is 0 Å². The summed E-state index contributed by atoms with van der Waals surface area (Å²) in [6.45, 7) is 10.8. The minimum Gasteiger partial charge on any atom is -0.312 e. The van der Waals surface area contributed by atoms with E-state index >= 15 is 0 Å². The molecular formula is C13H26N2. The zero-order chi connectivity index (χ0) is 10.9. The zero-order valence-electron chi connectivity index (χ0n) is 10.6. The fraction of sp³-hybridized carbons (Fsp3) is 1.00. The van der Waals surface area contributed by atoms with Crippen molar-refractivity contribution in [3.05, 3.63) is 0 Å². The highest BCUT2D eigenvalue weighted by Gasteiger charge is 2.34. The van der Waals surface area contributed by atoms with Crippen molar-refractivity contribution in [1.29, 1.82) is 0 Å². The first-order valence-corrected chi connectivity index (χ1v) is 6.58. The Balaban J connectivity index is 1.68. The second-order valence-corrected chi connectivity index (χ2v) is 6.11. The smallest absolute Gasteiger partial charge is 0.0207 e. The van der Waals surface area contributed by atoms with Gasteiger partial charge in [-0.3, -0.25) is 4.90 Å². The third-order valence-electron chi connectivity index (χ3n) is 4.11. The lowest BCUT2D eigenvalue weighted by Crippen LogP contribution is -2.38. The lowest BCUT2D eigenvalue weighted by molar-refractivity contribution is 0.289. The van der Waals surface area contributed by atoms with E-state index in [1.54, 1.807) is 0 Å². The van der Waals surface area contributed by atoms with E-state index in [-0.39, 0.29) is 0 Å². The van der Waals surface area contributed by atoms with E-state index in [0.29, 0.717) is 5.41 Å². The SMILES string of the molecule is CCC(C)(C)CNC1CCN(C2CC2)C1. The van der Waals surface area contributed by atoms with Crippen molar-refractivity contribution in [1.82, 2.24) is 10.2 Å². The Bertz CT molecular complexity index is 209. The van der Waals surface area contributed by atoms with Gasteiger partial charge in [-0.1, -0.05) is 20.8 Å². The molecule has 1 saturated heterocycles. The summed E-state index contributed by atoms with van der Waals surface area (Å²) in [5.41, 5.74) is 0.465. The van der Waals surface area contributed by atoms with E-state index in [1.165, 1.54) is 45.3 Å². The number of nitrogens with one attached hydrogen (secondary N) is 1. The van der Waals surface area contributed by atoms with Crippen LogP contribution in [0.5, 0.6) is 0 Å². The van der Waals surface area contributed by atoms with Crippen LogP contribution in [0.15, 0.2) is 0 Å². The van der Waals surface area contributed by atoms with Crippen LogP contribution < -0.4 is 5.32 Å². The van der Waals surface area contributed by atoms with Gasteiger partial charge in [0.15, 0.2) is 0 Å². The van der Waals surface area contributed by atoms with Crippen molar-refractivity contribution < 1.29 is 0 Å². The molecule has 0 radical (unpaired) electrons. The first-order valence-electron chi connectivity index (χ1n) is 6.58. The van der Waals surface area contributed by atoms with Crippen LogP contribution in [-0.2, 0) is 0 Å². The first-order chi connectivity index (χ1) is 7.11. The third kappa shape index (κ3) is 3.18. The topological polar surface area (TPSA) is 15.3 Å². The molecule has 0 bridgehead atoms. The van der Waals surface area contributed by atoms with Crippen LogP contribution >= 0.6 is 0 Å². The number of hydrogen-bond donors (Lipinski definition) is 1. The Morgan fingerprint density at radius 1 is 1.27 bits per heavy atom. The van der Waals surface area contributed by atoms with Crippen molar-refractivity contribution in [3.8, 4) is 0 Å². The van der Waals surface area contributed by atoms with Crippen molar-refractivity contribution in [3.63, 3.8) is 0 Å². The zero-order valence-corrected chi connectivity index (χ0v) is 10.6. The second-order valence-electron chi connectivity index (χ2n) is 6.11. The third-order valence-corrected chi connectivity index (χ3v) is 4.11. The highest BCUT2D eigenvalue weighted by Crippen LogP contribution is 2.30. The quantitative estimate of drug-likeness (QED) is 0.749. The predicted molar refractivity (Wildman–Crippen MR) is 65.1 cm³/mol. The molecule has 0 amide bonds. The molecule has 1 saturated carbocycles. The lowest BCUT2D eigenvalue weighted by atomic mass is 9.90. The molecule has 1 N–H and O–H groups in total. The van der Waals surface area contributed by atoms with Crippen LogP contribution in [0.2, 0.25) is 0 Å². The summed E-state index contributed by atoms with van der Waals surface area (Å²) >= 11 is 0. The molecule has 1 aliphatic heterocycles. The Morgan fingerprint density at radius 2 is 2.00 bits per heavy atom. The molecule has 0 aromatic heterocycles. The van der Waals surface area contributed by atoms with Crippen LogP contribution in [0.3, 0.4) is 0 Å². The molecule has 2 rings (SSSR count). The molecule has 15 heavy (non-hydrogen) atoms. The average Bonchev–Trinajstić information content (AvgIpc) is 2.96. The molecular weight excluding hydrogens is 184 g/mol. The van der Waals surface area contributed by atoms with Crippen LogP contribution in [0.4, 0.5) is 0 Å². The monoisotopic (exact) mass is 210 g/mol. The standard InChI is InChI=1S/C13H26N2/c1-4-13(2,3)10-14-11-7-8-15(9-11)12-5-6-12/h11-12,14H,4-10H2,1-3H3. The molecule has 1 heterocycles. The summed E-state index contributed by atoms with van der Waals surface area (Å²) in [6, 6.07) is 1.72. The number of likely N-dealkylation sites (tertiary alicyclic amines) is 1. The van der Waals surface area contributed by atoms with Crippen molar-refractivity contribution in [2.45, 2.75) is 58.5 Å². The molecule has 1 atom stereocenters. The highest BCUT2D eigenvalue weighted by atomic mass is 15.2. The highest BCUT2D eigenvalue weighted by molar-refractivity contribution is 4.92. The van der Waals surface area contributed by atoms with Gasteiger partial charge in [-0.25, -0.2) is 0 Å². The average molecular weight is 210 g/mol. The molecule has 1 aliphatic carbocycles. The van der Waals surface area contributed by atoms with E-state index < -0.39 is 0 Å². The summed E-state index contributed by atoms with van der Waals surface area (Å²) in [7, 11) is 0. The molecule has 88 valence electrons. The second kappa shape index (κ2) is 4.42. The minimum absolute atomic E-state index is 0.465. The maximum atomic E-state index is 3.74. The van der Waals surface area contributed by atoms with Gasteiger partial charge < -0.3 is 5.32 Å². The van der Waals surface area contributed by atoms with Crippen LogP contribution in [-0.4, -0.2) is 36.6 Å². The van der Waals surface area contributed by atoms with Gasteiger partial charge >= 0.3 is 0 Å². The van der Waals surface area contributed by atoms with Gasteiger partial charge in [-0.2, -0.15) is 0 Å². The van der Waals surface area contributed by atoms with Gasteiger partial charge in [0.05, 0.1) is 0 Å². The minimum atomic E-state index is 0.465. The van der Waals surface area contributed by atoms with Gasteiger partial charge in [0.1, 0.15) is 0 Å². The van der Waals surface area contributed by atoms with E-state index in [1.807, 2.05) is 0 Å². The van der Waals surface area contributed by atoms with E-state index in [0.717, 1.165) is 12.1 Å². The normalized spacial score (nSPS) is 28.6. The van der Waals surface area contributed by atoms with Crippen molar-refractivity contribution in [2.24, 2.45) is 5.41 Å². The maximum Gasteiger partial charge on any atom is 0.0207 e.